The van der Waals surface area contributed by atoms with Gasteiger partial charge in [-0.3, -0.25) is 14.9 Å². The molecule has 0 bridgehead atoms. The minimum Gasteiger partial charge on any atom is -0.478 e. The Kier molecular flexibility index (Phi) is 4.88. The number of aromatic amines is 1. The number of carboxylic acid groups (broad SMARTS) is 1. The molecule has 3 rings (SSSR count). The summed E-state index contributed by atoms with van der Waals surface area (Å²) in [5, 5.41) is 15.9. The van der Waals surface area contributed by atoms with Crippen LogP contribution >= 0.6 is 0 Å². The van der Waals surface area contributed by atoms with Crippen molar-refractivity contribution in [2.45, 2.75) is 38.1 Å². The second kappa shape index (κ2) is 7.25. The molecule has 1 fully saturated rings. The average Bonchev–Trinajstić information content (AvgIpc) is 3.10. The molecule has 0 saturated carbocycles. The molecule has 1 unspecified atom stereocenters. The largest absolute Gasteiger partial charge is 0.478 e. The van der Waals surface area contributed by atoms with Crippen molar-refractivity contribution in [1.82, 2.24) is 20.1 Å². The lowest BCUT2D eigenvalue weighted by Crippen LogP contribution is -2.39. The summed E-state index contributed by atoms with van der Waals surface area (Å²) in [5.74, 6) is -0.976. The SMILES string of the molecule is O=C(O)c1cn[nH]c1C1CCCCN1C(=O)CCc1ccncc1. The third-order valence-electron chi connectivity index (χ3n) is 4.43. The number of nitrogens with one attached hydrogen (secondary N) is 1. The smallest absolute Gasteiger partial charge is 0.339 e. The second-order valence-electron chi connectivity index (χ2n) is 5.96. The standard InChI is InChI=1S/C17H20N4O3/c22-15(5-4-12-6-8-18-9-7-12)21-10-2-1-3-14(21)16-13(17(23)24)11-19-20-16/h6-9,11,14H,1-5,10H2,(H,19,20)(H,23,24). The van der Waals surface area contributed by atoms with Crippen molar-refractivity contribution >= 4 is 11.9 Å². The van der Waals surface area contributed by atoms with E-state index in [4.69, 9.17) is 0 Å². The van der Waals surface area contributed by atoms with Gasteiger partial charge in [-0.25, -0.2) is 4.79 Å². The first kappa shape index (κ1) is 16.2. The molecule has 1 aliphatic rings. The van der Waals surface area contributed by atoms with E-state index in [9.17, 15) is 14.7 Å². The van der Waals surface area contributed by atoms with E-state index in [1.54, 1.807) is 17.3 Å². The molecule has 126 valence electrons. The number of hydrogen-bond donors (Lipinski definition) is 2. The van der Waals surface area contributed by atoms with Crippen molar-refractivity contribution in [3.05, 3.63) is 47.5 Å². The summed E-state index contributed by atoms with van der Waals surface area (Å²) in [6, 6.07) is 3.56. The Balaban J connectivity index is 1.73. The molecule has 24 heavy (non-hydrogen) atoms. The monoisotopic (exact) mass is 328 g/mol. The second-order valence-corrected chi connectivity index (χ2v) is 5.96. The molecule has 3 heterocycles. The molecule has 0 aromatic carbocycles. The van der Waals surface area contributed by atoms with Gasteiger partial charge in [0.25, 0.3) is 0 Å². The van der Waals surface area contributed by atoms with Crippen LogP contribution in [-0.4, -0.2) is 43.6 Å². The number of carbonyl (C=O) groups excluding carboxylic acids is 1. The lowest BCUT2D eigenvalue weighted by Gasteiger charge is -2.35. The highest BCUT2D eigenvalue weighted by Gasteiger charge is 2.31. The maximum atomic E-state index is 12.7. The van der Waals surface area contributed by atoms with Gasteiger partial charge >= 0.3 is 5.97 Å². The van der Waals surface area contributed by atoms with Crippen LogP contribution in [0.1, 0.15) is 53.3 Å². The fourth-order valence-corrected chi connectivity index (χ4v) is 3.20. The van der Waals surface area contributed by atoms with Crippen molar-refractivity contribution in [3.8, 4) is 0 Å². The van der Waals surface area contributed by atoms with Crippen molar-refractivity contribution in [1.29, 1.82) is 0 Å². The minimum atomic E-state index is -1.02. The van der Waals surface area contributed by atoms with E-state index in [2.05, 4.69) is 15.2 Å². The molecule has 0 spiro atoms. The summed E-state index contributed by atoms with van der Waals surface area (Å²) in [6.07, 6.45) is 8.46. The van der Waals surface area contributed by atoms with Gasteiger partial charge in [-0.1, -0.05) is 0 Å². The number of carboxylic acids is 1. The van der Waals surface area contributed by atoms with E-state index in [0.717, 1.165) is 24.8 Å². The van der Waals surface area contributed by atoms with E-state index in [0.29, 0.717) is 25.1 Å². The van der Waals surface area contributed by atoms with Gasteiger partial charge < -0.3 is 10.0 Å². The Bertz CT molecular complexity index is 714. The molecule has 7 nitrogen and oxygen atoms in total. The number of rotatable bonds is 5. The molecule has 1 amide bonds. The van der Waals surface area contributed by atoms with Crippen LogP contribution in [0.3, 0.4) is 0 Å². The average molecular weight is 328 g/mol. The maximum absolute atomic E-state index is 12.7. The number of nitrogens with zero attached hydrogens (tertiary/aromatic N) is 3. The van der Waals surface area contributed by atoms with Crippen LogP contribution in [0.5, 0.6) is 0 Å². The predicted octanol–water partition coefficient (Wildman–Crippen LogP) is 2.19. The van der Waals surface area contributed by atoms with Crippen LogP contribution in [0.25, 0.3) is 0 Å². The number of piperidine rings is 1. The van der Waals surface area contributed by atoms with Crippen LogP contribution in [0.15, 0.2) is 30.7 Å². The molecule has 1 saturated heterocycles. The van der Waals surface area contributed by atoms with Gasteiger partial charge in [-0.2, -0.15) is 5.10 Å². The minimum absolute atomic E-state index is 0.0439. The highest BCUT2D eigenvalue weighted by Crippen LogP contribution is 2.32. The quantitative estimate of drug-likeness (QED) is 0.876. The van der Waals surface area contributed by atoms with E-state index in [1.165, 1.54) is 6.20 Å². The Morgan fingerprint density at radius 3 is 2.83 bits per heavy atom. The summed E-state index contributed by atoms with van der Waals surface area (Å²) in [7, 11) is 0. The summed E-state index contributed by atoms with van der Waals surface area (Å²) in [6.45, 7) is 0.651. The third-order valence-corrected chi connectivity index (χ3v) is 4.43. The number of aromatic nitrogens is 3. The van der Waals surface area contributed by atoms with Crippen molar-refractivity contribution in [3.63, 3.8) is 0 Å². The van der Waals surface area contributed by atoms with Gasteiger partial charge in [0.05, 0.1) is 17.9 Å². The number of H-pyrrole nitrogens is 1. The van der Waals surface area contributed by atoms with Crippen LogP contribution in [-0.2, 0) is 11.2 Å². The summed E-state index contributed by atoms with van der Waals surface area (Å²) >= 11 is 0. The normalized spacial score (nSPS) is 17.7. The van der Waals surface area contributed by atoms with E-state index in [-0.39, 0.29) is 17.5 Å². The van der Waals surface area contributed by atoms with Crippen LogP contribution in [0, 0.1) is 0 Å². The van der Waals surface area contributed by atoms with Gasteiger partial charge in [-0.15, -0.1) is 0 Å². The third kappa shape index (κ3) is 3.45. The fourth-order valence-electron chi connectivity index (χ4n) is 3.20. The molecule has 1 atom stereocenters. The molecule has 0 radical (unpaired) electrons. The zero-order valence-electron chi connectivity index (χ0n) is 13.3. The van der Waals surface area contributed by atoms with Gasteiger partial charge in [-0.05, 0) is 43.4 Å². The van der Waals surface area contributed by atoms with E-state index in [1.807, 2.05) is 12.1 Å². The highest BCUT2D eigenvalue weighted by molar-refractivity contribution is 5.89. The molecule has 2 aromatic rings. The van der Waals surface area contributed by atoms with Gasteiger partial charge in [0.1, 0.15) is 5.56 Å². The molecular weight excluding hydrogens is 308 g/mol. The Morgan fingerprint density at radius 2 is 2.08 bits per heavy atom. The first-order valence-electron chi connectivity index (χ1n) is 8.11. The Morgan fingerprint density at radius 1 is 1.29 bits per heavy atom. The van der Waals surface area contributed by atoms with Crippen molar-refractivity contribution < 1.29 is 14.7 Å². The van der Waals surface area contributed by atoms with Crippen molar-refractivity contribution in [2.24, 2.45) is 0 Å². The van der Waals surface area contributed by atoms with Gasteiger partial charge in [0.15, 0.2) is 0 Å². The van der Waals surface area contributed by atoms with E-state index >= 15 is 0 Å². The lowest BCUT2D eigenvalue weighted by atomic mass is 9.96. The molecule has 1 aliphatic heterocycles. The van der Waals surface area contributed by atoms with E-state index < -0.39 is 5.97 Å². The topological polar surface area (TPSA) is 99.2 Å². The number of amides is 1. The van der Waals surface area contributed by atoms with Crippen LogP contribution in [0.2, 0.25) is 0 Å². The van der Waals surface area contributed by atoms with Crippen molar-refractivity contribution in [2.75, 3.05) is 6.54 Å². The lowest BCUT2D eigenvalue weighted by molar-refractivity contribution is -0.135. The number of carbonyl (C=O) groups is 2. The Hall–Kier alpha value is -2.70. The number of aryl methyl sites for hydroxylation is 1. The molecule has 2 N–H and O–H groups in total. The summed E-state index contributed by atoms with van der Waals surface area (Å²) in [5.41, 5.74) is 1.74. The zero-order chi connectivity index (χ0) is 16.9. The van der Waals surface area contributed by atoms with Crippen LogP contribution < -0.4 is 0 Å². The molecule has 2 aromatic heterocycles. The molecule has 7 heteroatoms. The zero-order valence-corrected chi connectivity index (χ0v) is 13.3. The van der Waals surface area contributed by atoms with Gasteiger partial charge in [0, 0.05) is 25.4 Å². The first-order valence-corrected chi connectivity index (χ1v) is 8.11. The summed E-state index contributed by atoms with van der Waals surface area (Å²) in [4.78, 5) is 29.8. The first-order chi connectivity index (χ1) is 11.7. The number of hydrogen-bond acceptors (Lipinski definition) is 4. The predicted molar refractivity (Wildman–Crippen MR) is 86.4 cm³/mol. The molecule has 0 aliphatic carbocycles. The van der Waals surface area contributed by atoms with Crippen LogP contribution in [0.4, 0.5) is 0 Å². The fraction of sp³-hybridized carbons (Fsp3) is 0.412. The highest BCUT2D eigenvalue weighted by atomic mass is 16.4. The number of pyridine rings is 1. The van der Waals surface area contributed by atoms with Gasteiger partial charge in [0.2, 0.25) is 5.91 Å². The maximum Gasteiger partial charge on any atom is 0.339 e. The molecular formula is C17H20N4O3. The summed E-state index contributed by atoms with van der Waals surface area (Å²) < 4.78 is 0. The Labute approximate surface area is 139 Å². The number of aromatic carboxylic acids is 1. The number of likely N-dealkylation sites (tertiary alicyclic amines) is 1.